The van der Waals surface area contributed by atoms with Gasteiger partial charge in [0.05, 0.1) is 5.56 Å². The maximum absolute atomic E-state index is 12.8. The van der Waals surface area contributed by atoms with E-state index in [4.69, 9.17) is 9.47 Å². The van der Waals surface area contributed by atoms with Gasteiger partial charge in [-0.3, -0.25) is 0 Å². The molecule has 1 N–H and O–H groups in total. The first-order valence-electron chi connectivity index (χ1n) is 11.2. The van der Waals surface area contributed by atoms with Crippen LogP contribution in [0.15, 0.2) is 18.2 Å². The molecule has 2 atom stereocenters. The Balaban J connectivity index is 2.91. The minimum Gasteiger partial charge on any atom is -0.507 e. The molecule has 0 bridgehead atoms. The van der Waals surface area contributed by atoms with Gasteiger partial charge in [-0.25, -0.2) is 9.59 Å². The van der Waals surface area contributed by atoms with Crippen molar-refractivity contribution >= 4 is 11.9 Å². The van der Waals surface area contributed by atoms with Crippen molar-refractivity contribution < 1.29 is 24.2 Å². The number of unbranched alkanes of at least 4 members (excludes halogenated alkanes) is 4. The van der Waals surface area contributed by atoms with Crippen LogP contribution in [-0.4, -0.2) is 29.3 Å². The van der Waals surface area contributed by atoms with E-state index >= 15 is 0 Å². The summed E-state index contributed by atoms with van der Waals surface area (Å²) in [5.74, 6) is -1.51. The second kappa shape index (κ2) is 14.0. The van der Waals surface area contributed by atoms with Gasteiger partial charge in [0.15, 0.2) is 0 Å². The van der Waals surface area contributed by atoms with Crippen LogP contribution in [0.1, 0.15) is 113 Å². The van der Waals surface area contributed by atoms with Gasteiger partial charge in [0.1, 0.15) is 23.5 Å². The molecule has 0 fully saturated rings. The normalized spacial score (nSPS) is 13.0. The number of aromatic hydroxyl groups is 1. The van der Waals surface area contributed by atoms with Crippen LogP contribution in [0.5, 0.6) is 5.75 Å². The van der Waals surface area contributed by atoms with E-state index in [9.17, 15) is 14.7 Å². The monoisotopic (exact) mass is 406 g/mol. The zero-order chi connectivity index (χ0) is 21.6. The van der Waals surface area contributed by atoms with E-state index in [0.29, 0.717) is 12.8 Å². The van der Waals surface area contributed by atoms with Crippen LogP contribution < -0.4 is 0 Å². The Bertz CT molecular complexity index is 626. The molecule has 1 aromatic carbocycles. The Hall–Kier alpha value is -2.04. The van der Waals surface area contributed by atoms with E-state index in [2.05, 4.69) is 13.8 Å². The molecule has 164 valence electrons. The van der Waals surface area contributed by atoms with E-state index in [1.165, 1.54) is 12.1 Å². The molecule has 29 heavy (non-hydrogen) atoms. The average molecular weight is 407 g/mol. The largest absolute Gasteiger partial charge is 0.507 e. The molecule has 1 rings (SSSR count). The molecular formula is C24H38O5. The lowest BCUT2D eigenvalue weighted by Gasteiger charge is -2.19. The number of rotatable bonds is 14. The maximum atomic E-state index is 12.8. The summed E-state index contributed by atoms with van der Waals surface area (Å²) in [7, 11) is 0. The molecule has 0 amide bonds. The SMILES string of the molecule is CCCCCC(CC)OC(=O)c1cccc(O)c1C(=O)OC(CC)CCCCC. The van der Waals surface area contributed by atoms with E-state index in [0.717, 1.165) is 51.4 Å². The van der Waals surface area contributed by atoms with Gasteiger partial charge >= 0.3 is 11.9 Å². The molecule has 1 aromatic rings. The van der Waals surface area contributed by atoms with Gasteiger partial charge in [-0.15, -0.1) is 0 Å². The highest BCUT2D eigenvalue weighted by molar-refractivity contribution is 6.05. The average Bonchev–Trinajstić information content (AvgIpc) is 2.71. The van der Waals surface area contributed by atoms with Gasteiger partial charge in [0, 0.05) is 0 Å². The van der Waals surface area contributed by atoms with Crippen molar-refractivity contribution in [1.29, 1.82) is 0 Å². The Labute approximate surface area is 175 Å². The molecule has 0 saturated heterocycles. The van der Waals surface area contributed by atoms with E-state index < -0.39 is 11.9 Å². The van der Waals surface area contributed by atoms with Crippen molar-refractivity contribution in [3.8, 4) is 5.75 Å². The number of phenolic OH excluding ortho intramolecular Hbond substituents is 1. The van der Waals surface area contributed by atoms with Crippen molar-refractivity contribution in [2.45, 2.75) is 104 Å². The summed E-state index contributed by atoms with van der Waals surface area (Å²) in [4.78, 5) is 25.5. The summed E-state index contributed by atoms with van der Waals surface area (Å²) < 4.78 is 11.2. The lowest BCUT2D eigenvalue weighted by atomic mass is 10.0. The fourth-order valence-corrected chi connectivity index (χ4v) is 3.29. The molecule has 0 spiro atoms. The Morgan fingerprint density at radius 3 is 1.83 bits per heavy atom. The van der Waals surface area contributed by atoms with Crippen molar-refractivity contribution in [3.63, 3.8) is 0 Å². The van der Waals surface area contributed by atoms with Crippen LogP contribution >= 0.6 is 0 Å². The number of carbonyl (C=O) groups is 2. The number of ether oxygens (including phenoxy) is 2. The number of hydrogen-bond acceptors (Lipinski definition) is 5. The van der Waals surface area contributed by atoms with Gasteiger partial charge in [-0.2, -0.15) is 0 Å². The molecule has 5 heteroatoms. The summed E-state index contributed by atoms with van der Waals surface area (Å²) >= 11 is 0. The van der Waals surface area contributed by atoms with Gasteiger partial charge in [-0.05, 0) is 50.7 Å². The summed E-state index contributed by atoms with van der Waals surface area (Å²) in [6.45, 7) is 8.19. The van der Waals surface area contributed by atoms with Crippen LogP contribution in [0.2, 0.25) is 0 Å². The Morgan fingerprint density at radius 1 is 0.828 bits per heavy atom. The van der Waals surface area contributed by atoms with Crippen molar-refractivity contribution in [1.82, 2.24) is 0 Å². The van der Waals surface area contributed by atoms with Crippen LogP contribution in [0.25, 0.3) is 0 Å². The Morgan fingerprint density at radius 2 is 1.34 bits per heavy atom. The topological polar surface area (TPSA) is 72.8 Å². The highest BCUT2D eigenvalue weighted by atomic mass is 16.6. The lowest BCUT2D eigenvalue weighted by Crippen LogP contribution is -2.22. The van der Waals surface area contributed by atoms with Crippen molar-refractivity contribution in [2.24, 2.45) is 0 Å². The number of hydrogen-bond donors (Lipinski definition) is 1. The number of carbonyl (C=O) groups excluding carboxylic acids is 2. The number of phenols is 1. The van der Waals surface area contributed by atoms with Crippen molar-refractivity contribution in [2.75, 3.05) is 0 Å². The fourth-order valence-electron chi connectivity index (χ4n) is 3.29. The standard InChI is InChI=1S/C24H38O5/c1-5-9-11-14-18(7-3)28-23(26)20-16-13-17-21(25)22(20)24(27)29-19(8-4)15-12-10-6-2/h13,16-19,25H,5-12,14-15H2,1-4H3. The van der Waals surface area contributed by atoms with Gasteiger partial charge in [-0.1, -0.05) is 59.4 Å². The fraction of sp³-hybridized carbons (Fsp3) is 0.667. The molecule has 0 heterocycles. The first-order valence-corrected chi connectivity index (χ1v) is 11.2. The third kappa shape index (κ3) is 8.46. The third-order valence-electron chi connectivity index (χ3n) is 5.18. The van der Waals surface area contributed by atoms with Crippen LogP contribution in [-0.2, 0) is 9.47 Å². The quantitative estimate of drug-likeness (QED) is 0.285. The number of benzene rings is 1. The summed E-state index contributed by atoms with van der Waals surface area (Å²) in [6.07, 6.45) is 8.89. The maximum Gasteiger partial charge on any atom is 0.343 e. The highest BCUT2D eigenvalue weighted by Gasteiger charge is 2.26. The molecule has 5 nitrogen and oxygen atoms in total. The second-order valence-electron chi connectivity index (χ2n) is 7.56. The predicted molar refractivity (Wildman–Crippen MR) is 115 cm³/mol. The summed E-state index contributed by atoms with van der Waals surface area (Å²) in [5, 5.41) is 10.3. The molecular weight excluding hydrogens is 368 g/mol. The number of esters is 2. The first-order chi connectivity index (χ1) is 14.0. The molecule has 0 aliphatic heterocycles. The molecule has 0 radical (unpaired) electrons. The lowest BCUT2D eigenvalue weighted by molar-refractivity contribution is 0.0216. The molecule has 0 saturated carbocycles. The van der Waals surface area contributed by atoms with E-state index in [1.807, 2.05) is 13.8 Å². The molecule has 0 aromatic heterocycles. The minimum absolute atomic E-state index is 0.0624. The van der Waals surface area contributed by atoms with E-state index in [1.54, 1.807) is 6.07 Å². The minimum atomic E-state index is -0.669. The third-order valence-corrected chi connectivity index (χ3v) is 5.18. The highest BCUT2D eigenvalue weighted by Crippen LogP contribution is 2.25. The van der Waals surface area contributed by atoms with E-state index in [-0.39, 0.29) is 29.1 Å². The zero-order valence-corrected chi connectivity index (χ0v) is 18.5. The van der Waals surface area contributed by atoms with Crippen molar-refractivity contribution in [3.05, 3.63) is 29.3 Å². The first kappa shape index (κ1) is 25.0. The second-order valence-corrected chi connectivity index (χ2v) is 7.56. The van der Waals surface area contributed by atoms with Crippen LogP contribution in [0.3, 0.4) is 0 Å². The smallest absolute Gasteiger partial charge is 0.343 e. The summed E-state index contributed by atoms with van der Waals surface area (Å²) in [5.41, 5.74) is -0.0396. The molecule has 0 aliphatic rings. The summed E-state index contributed by atoms with van der Waals surface area (Å²) in [6, 6.07) is 4.44. The van der Waals surface area contributed by atoms with Gasteiger partial charge < -0.3 is 14.6 Å². The van der Waals surface area contributed by atoms with Crippen LogP contribution in [0, 0.1) is 0 Å². The predicted octanol–water partition coefficient (Wildman–Crippen LogP) is 6.42. The zero-order valence-electron chi connectivity index (χ0n) is 18.5. The Kier molecular flexibility index (Phi) is 12.1. The molecule has 2 unspecified atom stereocenters. The molecule has 0 aliphatic carbocycles. The van der Waals surface area contributed by atoms with Gasteiger partial charge in [0.2, 0.25) is 0 Å². The van der Waals surface area contributed by atoms with Gasteiger partial charge in [0.25, 0.3) is 0 Å². The van der Waals surface area contributed by atoms with Crippen LogP contribution in [0.4, 0.5) is 0 Å².